The van der Waals surface area contributed by atoms with Gasteiger partial charge >= 0.3 is 0 Å². The first-order valence-electron chi connectivity index (χ1n) is 12.5. The molecule has 3 aromatic rings. The van der Waals surface area contributed by atoms with Gasteiger partial charge in [0.1, 0.15) is 5.69 Å². The lowest BCUT2D eigenvalue weighted by atomic mass is 10.0. The summed E-state index contributed by atoms with van der Waals surface area (Å²) in [6.07, 6.45) is 7.40. The number of nitrogens with zero attached hydrogens (tertiary/aromatic N) is 3. The number of amides is 2. The van der Waals surface area contributed by atoms with Gasteiger partial charge in [-0.25, -0.2) is 23.4 Å². The number of hydrogen-bond acceptors (Lipinski definition) is 6. The molecule has 1 atom stereocenters. The third-order valence-electron chi connectivity index (χ3n) is 6.30. The van der Waals surface area contributed by atoms with Crippen LogP contribution in [-0.4, -0.2) is 37.4 Å². The van der Waals surface area contributed by atoms with Crippen molar-refractivity contribution in [3.63, 3.8) is 0 Å². The van der Waals surface area contributed by atoms with Crippen LogP contribution in [0, 0.1) is 23.3 Å². The van der Waals surface area contributed by atoms with E-state index in [2.05, 4.69) is 15.6 Å². The summed E-state index contributed by atoms with van der Waals surface area (Å²) in [5.41, 5.74) is 1.38. The van der Waals surface area contributed by atoms with E-state index in [-0.39, 0.29) is 30.0 Å². The van der Waals surface area contributed by atoms with Crippen molar-refractivity contribution in [1.82, 2.24) is 10.3 Å². The zero-order chi connectivity index (χ0) is 29.1. The Morgan fingerprint density at radius 2 is 1.73 bits per heavy atom. The van der Waals surface area contributed by atoms with Crippen molar-refractivity contribution < 1.29 is 27.2 Å². The van der Waals surface area contributed by atoms with Gasteiger partial charge in [-0.05, 0) is 62.1 Å². The summed E-state index contributed by atoms with van der Waals surface area (Å²) in [6.45, 7) is 0.204. The lowest BCUT2D eigenvalue weighted by Gasteiger charge is -2.30. The topological polar surface area (TPSA) is 104 Å². The molecule has 1 aromatic heterocycles. The highest BCUT2D eigenvalue weighted by atomic mass is 19.2. The van der Waals surface area contributed by atoms with Crippen molar-refractivity contribution in [3.05, 3.63) is 89.8 Å². The van der Waals surface area contributed by atoms with Crippen molar-refractivity contribution in [2.75, 3.05) is 28.8 Å². The molecule has 2 amide bonds. The lowest BCUT2D eigenvalue weighted by molar-refractivity contribution is -0.109. The Morgan fingerprint density at radius 3 is 2.38 bits per heavy atom. The van der Waals surface area contributed by atoms with Crippen LogP contribution in [0.3, 0.4) is 0 Å². The first kappa shape index (κ1) is 30.1. The Labute approximate surface area is 229 Å². The minimum Gasteiger partial charge on any atom is -0.386 e. The fraction of sp³-hybridized carbons (Fsp3) is 0.250. The van der Waals surface area contributed by atoms with Crippen LogP contribution in [0.5, 0.6) is 0 Å². The average Bonchev–Trinajstić information content (AvgIpc) is 2.97. The maximum atomic E-state index is 14.8. The molecule has 1 unspecified atom stereocenters. The predicted octanol–water partition coefficient (Wildman–Crippen LogP) is 4.74. The summed E-state index contributed by atoms with van der Waals surface area (Å²) in [6, 6.07) is 8.43. The van der Waals surface area contributed by atoms with Crippen LogP contribution in [0.1, 0.15) is 31.2 Å². The average molecular weight is 559 g/mol. The molecule has 0 saturated heterocycles. The van der Waals surface area contributed by atoms with Gasteiger partial charge in [0, 0.05) is 43.7 Å². The first-order valence-corrected chi connectivity index (χ1v) is 12.5. The van der Waals surface area contributed by atoms with Crippen LogP contribution < -0.4 is 26.4 Å². The number of nitrogens with one attached hydrogen (secondary N) is 2. The Bertz CT molecular complexity index is 1330. The summed E-state index contributed by atoms with van der Waals surface area (Å²) >= 11 is 0. The number of rotatable bonds is 15. The van der Waals surface area contributed by atoms with E-state index < -0.39 is 29.3 Å². The second-order valence-electron chi connectivity index (χ2n) is 8.76. The third-order valence-corrected chi connectivity index (χ3v) is 6.30. The first-order chi connectivity index (χ1) is 19.3. The van der Waals surface area contributed by atoms with E-state index in [1.54, 1.807) is 30.6 Å². The normalized spacial score (nSPS) is 12.0. The molecular weight excluding hydrogens is 528 g/mol. The number of halogens is 4. The number of anilines is 3. The van der Waals surface area contributed by atoms with Gasteiger partial charge in [-0.2, -0.15) is 0 Å². The quantitative estimate of drug-likeness (QED) is 0.0819. The smallest absolute Gasteiger partial charge is 0.214 e. The van der Waals surface area contributed by atoms with E-state index >= 15 is 0 Å². The van der Waals surface area contributed by atoms with Crippen molar-refractivity contribution in [2.24, 2.45) is 5.84 Å². The Hall–Kier alpha value is -4.45. The van der Waals surface area contributed by atoms with Crippen molar-refractivity contribution in [2.45, 2.75) is 31.7 Å². The number of carbonyl (C=O) groups is 2. The molecule has 2 aromatic carbocycles. The van der Waals surface area contributed by atoms with Crippen LogP contribution in [0.15, 0.2) is 60.9 Å². The van der Waals surface area contributed by atoms with Crippen LogP contribution in [-0.2, 0) is 9.59 Å². The monoisotopic (exact) mass is 558 g/mol. The SMILES string of the molecule is CNc1ccc(F)c(F)c1N(C=O)C(CCC/C=C(/c1ccncc1)N(N)c1ccc(F)c(F)c1)CCNC=O. The number of allylic oxidation sites excluding steroid dienone is 1. The molecule has 212 valence electrons. The standard InChI is InChI=1S/C28H30F4N6O2/c1-34-25-9-8-23(30)27(32)28(25)37(18-40)20(12-15-36-17-39)4-2-3-5-26(19-10-13-35-14-11-19)38(33)21-6-7-22(29)24(31)16-21/h5-11,13-14,16-18,20,34H,2-4,12,15,33H2,1H3,(H,36,39)/b26-5-. The zero-order valence-electron chi connectivity index (χ0n) is 21.8. The highest BCUT2D eigenvalue weighted by Gasteiger charge is 2.25. The number of hydrazine groups is 1. The molecule has 0 aliphatic rings. The van der Waals surface area contributed by atoms with Crippen LogP contribution in [0.25, 0.3) is 5.70 Å². The molecule has 0 aliphatic heterocycles. The largest absolute Gasteiger partial charge is 0.386 e. The number of benzene rings is 2. The van der Waals surface area contributed by atoms with Gasteiger partial charge in [0.2, 0.25) is 12.8 Å². The highest BCUT2D eigenvalue weighted by Crippen LogP contribution is 2.33. The number of unbranched alkanes of at least 4 members (excludes halogenated alkanes) is 1. The molecule has 12 heteroatoms. The van der Waals surface area contributed by atoms with Gasteiger partial charge in [-0.15, -0.1) is 0 Å². The summed E-state index contributed by atoms with van der Waals surface area (Å²) in [4.78, 5) is 28.1. The fourth-order valence-electron chi connectivity index (χ4n) is 4.29. The maximum Gasteiger partial charge on any atom is 0.214 e. The molecule has 0 aliphatic carbocycles. The van der Waals surface area contributed by atoms with Gasteiger partial charge in [-0.1, -0.05) is 6.08 Å². The molecular formula is C28H30F4N6O2. The summed E-state index contributed by atoms with van der Waals surface area (Å²) < 4.78 is 56.3. The van der Waals surface area contributed by atoms with E-state index in [0.717, 1.165) is 23.1 Å². The van der Waals surface area contributed by atoms with Gasteiger partial charge in [-0.3, -0.25) is 19.6 Å². The second-order valence-corrected chi connectivity index (χ2v) is 8.76. The minimum absolute atomic E-state index is 0.204. The summed E-state index contributed by atoms with van der Waals surface area (Å²) in [5.74, 6) is 1.98. The number of carbonyl (C=O) groups excluding carboxylic acids is 2. The van der Waals surface area contributed by atoms with Gasteiger partial charge in [0.05, 0.1) is 17.1 Å². The number of pyridine rings is 1. The Kier molecular flexibility index (Phi) is 11.0. The predicted molar refractivity (Wildman–Crippen MR) is 146 cm³/mol. The molecule has 0 fully saturated rings. The van der Waals surface area contributed by atoms with E-state index in [1.165, 1.54) is 24.2 Å². The molecule has 4 N–H and O–H groups in total. The highest BCUT2D eigenvalue weighted by molar-refractivity contribution is 5.84. The van der Waals surface area contributed by atoms with E-state index in [1.807, 2.05) is 0 Å². The molecule has 0 bridgehead atoms. The molecule has 1 heterocycles. The van der Waals surface area contributed by atoms with Gasteiger partial charge in [0.15, 0.2) is 23.3 Å². The van der Waals surface area contributed by atoms with Gasteiger partial charge < -0.3 is 15.5 Å². The van der Waals surface area contributed by atoms with Crippen LogP contribution >= 0.6 is 0 Å². The number of hydrogen-bond donors (Lipinski definition) is 3. The zero-order valence-corrected chi connectivity index (χ0v) is 21.8. The van der Waals surface area contributed by atoms with Crippen molar-refractivity contribution in [3.8, 4) is 0 Å². The van der Waals surface area contributed by atoms with E-state index in [0.29, 0.717) is 43.3 Å². The molecule has 40 heavy (non-hydrogen) atoms. The molecule has 0 radical (unpaired) electrons. The van der Waals surface area contributed by atoms with Crippen molar-refractivity contribution in [1.29, 1.82) is 0 Å². The second kappa shape index (κ2) is 14.6. The van der Waals surface area contributed by atoms with Crippen LogP contribution in [0.4, 0.5) is 34.6 Å². The number of nitrogens with two attached hydrogens (primary N) is 1. The summed E-state index contributed by atoms with van der Waals surface area (Å²) in [7, 11) is 1.53. The third kappa shape index (κ3) is 7.35. The lowest BCUT2D eigenvalue weighted by Crippen LogP contribution is -2.37. The molecule has 0 spiro atoms. The van der Waals surface area contributed by atoms with Gasteiger partial charge in [0.25, 0.3) is 0 Å². The van der Waals surface area contributed by atoms with E-state index in [9.17, 15) is 27.2 Å². The maximum absolute atomic E-state index is 14.8. The van der Waals surface area contributed by atoms with E-state index in [4.69, 9.17) is 5.84 Å². The Balaban J connectivity index is 1.86. The van der Waals surface area contributed by atoms with Crippen LogP contribution in [0.2, 0.25) is 0 Å². The molecule has 8 nitrogen and oxygen atoms in total. The molecule has 0 saturated carbocycles. The number of aromatic nitrogens is 1. The Morgan fingerprint density at radius 1 is 1.00 bits per heavy atom. The van der Waals surface area contributed by atoms with Crippen molar-refractivity contribution >= 4 is 35.6 Å². The minimum atomic E-state index is -1.17. The fourth-order valence-corrected chi connectivity index (χ4v) is 4.29. The molecule has 3 rings (SSSR count). The summed E-state index contributed by atoms with van der Waals surface area (Å²) in [5, 5.41) is 6.53.